The van der Waals surface area contributed by atoms with Crippen molar-refractivity contribution in [1.29, 1.82) is 0 Å². The molecule has 2 aromatic rings. The summed E-state index contributed by atoms with van der Waals surface area (Å²) in [6.45, 7) is 5.25. The van der Waals surface area contributed by atoms with Crippen molar-refractivity contribution in [2.24, 2.45) is 5.92 Å². The van der Waals surface area contributed by atoms with Crippen LogP contribution in [0.15, 0.2) is 47.4 Å². The summed E-state index contributed by atoms with van der Waals surface area (Å²) >= 11 is 1.54. The number of hydrogen-bond acceptors (Lipinski definition) is 4. The first-order valence-corrected chi connectivity index (χ1v) is 10.1. The first kappa shape index (κ1) is 19.5. The summed E-state index contributed by atoms with van der Waals surface area (Å²) in [5.74, 6) is 2.10. The van der Waals surface area contributed by atoms with Crippen molar-refractivity contribution in [3.63, 3.8) is 0 Å². The maximum Gasteiger partial charge on any atom is 0.221 e. The largest absolute Gasteiger partial charge is 0.486 e. The molecule has 0 aliphatic carbocycles. The second-order valence-corrected chi connectivity index (χ2v) is 7.91. The maximum absolute atomic E-state index is 12.9. The third kappa shape index (κ3) is 5.39. The molecule has 0 aromatic heterocycles. The lowest BCUT2D eigenvalue weighted by molar-refractivity contribution is -0.121. The molecule has 3 rings (SSSR count). The average Bonchev–Trinajstić information content (AvgIpc) is 2.67. The van der Waals surface area contributed by atoms with Crippen molar-refractivity contribution < 1.29 is 18.7 Å². The van der Waals surface area contributed by atoms with Crippen LogP contribution in [0.5, 0.6) is 11.5 Å². The SMILES string of the molecule is CC(C)C(NC(=O)CCSc1ccc(F)cc1)c1ccc2c(c1)OCCO2. The summed E-state index contributed by atoms with van der Waals surface area (Å²) in [6, 6.07) is 12.0. The van der Waals surface area contributed by atoms with Crippen LogP contribution in [0.4, 0.5) is 4.39 Å². The summed E-state index contributed by atoms with van der Waals surface area (Å²) in [5, 5.41) is 3.13. The molecule has 0 saturated heterocycles. The number of nitrogens with one attached hydrogen (secondary N) is 1. The Morgan fingerprint density at radius 2 is 1.81 bits per heavy atom. The Hall–Kier alpha value is -2.21. The van der Waals surface area contributed by atoms with Crippen LogP contribution in [-0.2, 0) is 4.79 Å². The Morgan fingerprint density at radius 3 is 2.52 bits per heavy atom. The Kier molecular flexibility index (Phi) is 6.61. The van der Waals surface area contributed by atoms with E-state index in [0.29, 0.717) is 25.4 Å². The average molecular weight is 389 g/mol. The number of amides is 1. The molecule has 1 unspecified atom stereocenters. The normalized spacial score (nSPS) is 14.1. The van der Waals surface area contributed by atoms with E-state index in [0.717, 1.165) is 22.0 Å². The van der Waals surface area contributed by atoms with E-state index in [-0.39, 0.29) is 23.7 Å². The highest BCUT2D eigenvalue weighted by Crippen LogP contribution is 2.34. The predicted molar refractivity (Wildman–Crippen MR) is 105 cm³/mol. The van der Waals surface area contributed by atoms with Crippen molar-refractivity contribution in [2.75, 3.05) is 19.0 Å². The van der Waals surface area contributed by atoms with E-state index < -0.39 is 0 Å². The highest BCUT2D eigenvalue weighted by Gasteiger charge is 2.21. The lowest BCUT2D eigenvalue weighted by Crippen LogP contribution is -2.32. The van der Waals surface area contributed by atoms with E-state index >= 15 is 0 Å². The van der Waals surface area contributed by atoms with Gasteiger partial charge < -0.3 is 14.8 Å². The van der Waals surface area contributed by atoms with Gasteiger partial charge in [0.05, 0.1) is 6.04 Å². The molecule has 1 amide bonds. The van der Waals surface area contributed by atoms with Crippen molar-refractivity contribution in [1.82, 2.24) is 5.32 Å². The minimum Gasteiger partial charge on any atom is -0.486 e. The molecule has 0 spiro atoms. The van der Waals surface area contributed by atoms with E-state index in [1.54, 1.807) is 23.9 Å². The lowest BCUT2D eigenvalue weighted by atomic mass is 9.95. The van der Waals surface area contributed by atoms with Crippen LogP contribution in [0.1, 0.15) is 31.9 Å². The first-order chi connectivity index (χ1) is 13.0. The molecule has 27 heavy (non-hydrogen) atoms. The summed E-state index contributed by atoms with van der Waals surface area (Å²) in [5.41, 5.74) is 1.01. The van der Waals surface area contributed by atoms with Gasteiger partial charge in [-0.25, -0.2) is 4.39 Å². The first-order valence-electron chi connectivity index (χ1n) is 9.10. The summed E-state index contributed by atoms with van der Waals surface area (Å²) in [6.07, 6.45) is 0.399. The smallest absolute Gasteiger partial charge is 0.221 e. The number of rotatable bonds is 7. The van der Waals surface area contributed by atoms with Gasteiger partial charge in [-0.2, -0.15) is 0 Å². The number of hydrogen-bond donors (Lipinski definition) is 1. The molecule has 1 aliphatic rings. The van der Waals surface area contributed by atoms with Crippen molar-refractivity contribution in [3.05, 3.63) is 53.8 Å². The van der Waals surface area contributed by atoms with Crippen LogP contribution >= 0.6 is 11.8 Å². The molecule has 1 aliphatic heterocycles. The van der Waals surface area contributed by atoms with Crippen LogP contribution in [-0.4, -0.2) is 24.9 Å². The standard InChI is InChI=1S/C21H24FNO3S/c1-14(2)21(15-3-8-18-19(13-15)26-11-10-25-18)23-20(24)9-12-27-17-6-4-16(22)5-7-17/h3-8,13-14,21H,9-12H2,1-2H3,(H,23,24). The van der Waals surface area contributed by atoms with Crippen LogP contribution in [0.2, 0.25) is 0 Å². The lowest BCUT2D eigenvalue weighted by Gasteiger charge is -2.25. The molecular weight excluding hydrogens is 365 g/mol. The number of thioether (sulfide) groups is 1. The van der Waals surface area contributed by atoms with Gasteiger partial charge in [0.15, 0.2) is 11.5 Å². The molecule has 1 atom stereocenters. The van der Waals surface area contributed by atoms with Gasteiger partial charge in [0.1, 0.15) is 19.0 Å². The number of halogens is 1. The van der Waals surface area contributed by atoms with Crippen molar-refractivity contribution in [3.8, 4) is 11.5 Å². The number of carbonyl (C=O) groups excluding carboxylic acids is 1. The molecule has 1 heterocycles. The van der Waals surface area contributed by atoms with Crippen LogP contribution < -0.4 is 14.8 Å². The predicted octanol–water partition coefficient (Wildman–Crippen LogP) is 4.59. The van der Waals surface area contributed by atoms with Gasteiger partial charge in [-0.1, -0.05) is 19.9 Å². The second-order valence-electron chi connectivity index (χ2n) is 6.74. The van der Waals surface area contributed by atoms with E-state index in [2.05, 4.69) is 19.2 Å². The van der Waals surface area contributed by atoms with Gasteiger partial charge in [0.2, 0.25) is 5.91 Å². The maximum atomic E-state index is 12.9. The number of benzene rings is 2. The van der Waals surface area contributed by atoms with E-state index in [9.17, 15) is 9.18 Å². The van der Waals surface area contributed by atoms with Gasteiger partial charge in [-0.15, -0.1) is 11.8 Å². The zero-order valence-corrected chi connectivity index (χ0v) is 16.4. The molecular formula is C21H24FNO3S. The Balaban J connectivity index is 1.57. The van der Waals surface area contributed by atoms with Crippen LogP contribution in [0.3, 0.4) is 0 Å². The van der Waals surface area contributed by atoms with Crippen LogP contribution in [0.25, 0.3) is 0 Å². The molecule has 0 fully saturated rings. The van der Waals surface area contributed by atoms with E-state index in [4.69, 9.17) is 9.47 Å². The molecule has 6 heteroatoms. The zero-order chi connectivity index (χ0) is 19.2. The minimum atomic E-state index is -0.253. The summed E-state index contributed by atoms with van der Waals surface area (Å²) < 4.78 is 24.1. The van der Waals surface area contributed by atoms with Gasteiger partial charge in [-0.3, -0.25) is 4.79 Å². The van der Waals surface area contributed by atoms with Gasteiger partial charge in [-0.05, 0) is 47.9 Å². The van der Waals surface area contributed by atoms with Crippen molar-refractivity contribution >= 4 is 17.7 Å². The third-order valence-electron chi connectivity index (χ3n) is 4.32. The van der Waals surface area contributed by atoms with Gasteiger partial charge in [0, 0.05) is 17.1 Å². The van der Waals surface area contributed by atoms with Gasteiger partial charge >= 0.3 is 0 Å². The highest BCUT2D eigenvalue weighted by molar-refractivity contribution is 7.99. The number of fused-ring (bicyclic) bond motifs is 1. The molecule has 0 bridgehead atoms. The molecule has 2 aromatic carbocycles. The van der Waals surface area contributed by atoms with E-state index in [1.165, 1.54) is 12.1 Å². The van der Waals surface area contributed by atoms with Crippen LogP contribution in [0, 0.1) is 11.7 Å². The molecule has 4 nitrogen and oxygen atoms in total. The monoisotopic (exact) mass is 389 g/mol. The quantitative estimate of drug-likeness (QED) is 0.704. The molecule has 1 N–H and O–H groups in total. The molecule has 144 valence electrons. The Bertz CT molecular complexity index is 779. The Labute approximate surface area is 163 Å². The zero-order valence-electron chi connectivity index (χ0n) is 15.5. The Morgan fingerprint density at radius 1 is 1.11 bits per heavy atom. The number of carbonyl (C=O) groups is 1. The topological polar surface area (TPSA) is 47.6 Å². The number of ether oxygens (including phenoxy) is 2. The summed E-state index contributed by atoms with van der Waals surface area (Å²) in [4.78, 5) is 13.4. The minimum absolute atomic E-state index is 0.00167. The highest BCUT2D eigenvalue weighted by atomic mass is 32.2. The second kappa shape index (κ2) is 9.13. The fourth-order valence-corrected chi connectivity index (χ4v) is 3.78. The fourth-order valence-electron chi connectivity index (χ4n) is 2.93. The van der Waals surface area contributed by atoms with Crippen molar-refractivity contribution in [2.45, 2.75) is 31.2 Å². The van der Waals surface area contributed by atoms with Gasteiger partial charge in [0.25, 0.3) is 0 Å². The fraction of sp³-hybridized carbons (Fsp3) is 0.381. The third-order valence-corrected chi connectivity index (χ3v) is 5.33. The molecule has 0 radical (unpaired) electrons. The van der Waals surface area contributed by atoms with E-state index in [1.807, 2.05) is 18.2 Å². The summed E-state index contributed by atoms with van der Waals surface area (Å²) in [7, 11) is 0. The molecule has 0 saturated carbocycles.